The molecule has 0 bridgehead atoms. The SMILES string of the molecule is CCCCl.[NH4+].[NH4+].[NH4+]. The summed E-state index contributed by atoms with van der Waals surface area (Å²) in [5.74, 6) is 0.792. The topological polar surface area (TPSA) is 110 Å². The Hall–Kier alpha value is 0.170. The molecule has 4 heteroatoms. The Bertz CT molecular complexity index is 12.1. The van der Waals surface area contributed by atoms with E-state index in [2.05, 4.69) is 0 Å². The van der Waals surface area contributed by atoms with Gasteiger partial charge in [-0.2, -0.15) is 0 Å². The van der Waals surface area contributed by atoms with E-state index in [4.69, 9.17) is 11.6 Å². The minimum absolute atomic E-state index is 0. The average Bonchev–Trinajstić information content (AvgIpc) is 1.37. The zero-order valence-electron chi connectivity index (χ0n) is 5.79. The fourth-order valence-electron chi connectivity index (χ4n) is 0. The number of rotatable bonds is 1. The van der Waals surface area contributed by atoms with E-state index in [9.17, 15) is 0 Å². The number of alkyl halides is 1. The van der Waals surface area contributed by atoms with Crippen LogP contribution in [0.2, 0.25) is 0 Å². The largest absolute Gasteiger partial charge is 0.369 e. The summed E-state index contributed by atoms with van der Waals surface area (Å²) in [6.07, 6.45) is 1.08. The third kappa shape index (κ3) is 78.4. The molecule has 0 heterocycles. The molecule has 0 amide bonds. The van der Waals surface area contributed by atoms with Crippen LogP contribution < -0.4 is 18.5 Å². The summed E-state index contributed by atoms with van der Waals surface area (Å²) in [4.78, 5) is 0. The Morgan fingerprint density at radius 1 is 1.14 bits per heavy atom. The molecule has 0 aromatic rings. The summed E-state index contributed by atoms with van der Waals surface area (Å²) in [6, 6.07) is 0. The molecule has 0 aliphatic heterocycles. The van der Waals surface area contributed by atoms with Crippen molar-refractivity contribution in [2.75, 3.05) is 5.88 Å². The minimum Gasteiger partial charge on any atom is -0.369 e. The molecule has 0 saturated heterocycles. The van der Waals surface area contributed by atoms with E-state index >= 15 is 0 Å². The summed E-state index contributed by atoms with van der Waals surface area (Å²) in [5, 5.41) is 0. The molecule has 12 N–H and O–H groups in total. The van der Waals surface area contributed by atoms with E-state index < -0.39 is 0 Å². The van der Waals surface area contributed by atoms with Crippen LogP contribution in [0.5, 0.6) is 0 Å². The van der Waals surface area contributed by atoms with Crippen LogP contribution in [-0.4, -0.2) is 5.88 Å². The van der Waals surface area contributed by atoms with Gasteiger partial charge in [0.2, 0.25) is 0 Å². The van der Waals surface area contributed by atoms with E-state index in [0.29, 0.717) is 0 Å². The van der Waals surface area contributed by atoms with Gasteiger partial charge in [0, 0.05) is 5.88 Å². The molecule has 3 nitrogen and oxygen atoms in total. The Morgan fingerprint density at radius 3 is 1.29 bits per heavy atom. The average molecular weight is 133 g/mol. The third-order valence-corrected chi connectivity index (χ3v) is 0.567. The van der Waals surface area contributed by atoms with Gasteiger partial charge in [-0.25, -0.2) is 0 Å². The molecule has 0 aliphatic rings. The van der Waals surface area contributed by atoms with Crippen LogP contribution in [0.4, 0.5) is 0 Å². The van der Waals surface area contributed by atoms with E-state index in [1.807, 2.05) is 6.92 Å². The van der Waals surface area contributed by atoms with Crippen molar-refractivity contribution in [1.82, 2.24) is 18.5 Å². The first-order valence-corrected chi connectivity index (χ1v) is 2.01. The monoisotopic (exact) mass is 132 g/mol. The quantitative estimate of drug-likeness (QED) is 0.456. The van der Waals surface area contributed by atoms with Gasteiger partial charge in [-0.05, 0) is 6.42 Å². The van der Waals surface area contributed by atoms with Crippen molar-refractivity contribution < 1.29 is 0 Å². The molecule has 0 saturated carbocycles. The van der Waals surface area contributed by atoms with Crippen molar-refractivity contribution in [3.05, 3.63) is 0 Å². The van der Waals surface area contributed by atoms with Gasteiger partial charge in [0.1, 0.15) is 0 Å². The smallest absolute Gasteiger partial charge is 0.0220 e. The van der Waals surface area contributed by atoms with Gasteiger partial charge in [0.05, 0.1) is 0 Å². The van der Waals surface area contributed by atoms with Crippen LogP contribution in [-0.2, 0) is 0 Å². The summed E-state index contributed by atoms with van der Waals surface area (Å²) < 4.78 is 0. The predicted molar refractivity (Wildman–Crippen MR) is 39.0 cm³/mol. The van der Waals surface area contributed by atoms with Gasteiger partial charge in [0.15, 0.2) is 0 Å². The lowest BCUT2D eigenvalue weighted by Gasteiger charge is -1.65. The maximum atomic E-state index is 5.19. The highest BCUT2D eigenvalue weighted by Crippen LogP contribution is 1.75. The van der Waals surface area contributed by atoms with E-state index in [1.54, 1.807) is 0 Å². The zero-order valence-corrected chi connectivity index (χ0v) is 6.55. The fourth-order valence-corrected chi connectivity index (χ4v) is 0. The van der Waals surface area contributed by atoms with Crippen molar-refractivity contribution in [2.45, 2.75) is 13.3 Å². The van der Waals surface area contributed by atoms with E-state index in [1.165, 1.54) is 0 Å². The zero-order chi connectivity index (χ0) is 3.41. The minimum atomic E-state index is 0. The van der Waals surface area contributed by atoms with Crippen molar-refractivity contribution in [2.24, 2.45) is 0 Å². The molecule has 0 radical (unpaired) electrons. The normalized spacial score (nSPS) is 4.29. The first-order valence-electron chi connectivity index (χ1n) is 1.47. The van der Waals surface area contributed by atoms with E-state index in [0.717, 1.165) is 12.3 Å². The van der Waals surface area contributed by atoms with Gasteiger partial charge in [-0.1, -0.05) is 6.92 Å². The molecule has 0 unspecified atom stereocenters. The fraction of sp³-hybridized carbons (Fsp3) is 1.00. The Balaban J connectivity index is -0.0000000150. The van der Waals surface area contributed by atoms with Crippen LogP contribution in [0.15, 0.2) is 0 Å². The summed E-state index contributed by atoms with van der Waals surface area (Å²) in [7, 11) is 0. The molecule has 7 heavy (non-hydrogen) atoms. The second-order valence-corrected chi connectivity index (χ2v) is 1.07. The van der Waals surface area contributed by atoms with Crippen LogP contribution in [0, 0.1) is 0 Å². The highest BCUT2D eigenvalue weighted by molar-refractivity contribution is 6.17. The van der Waals surface area contributed by atoms with Crippen LogP contribution in [0.3, 0.4) is 0 Å². The maximum absolute atomic E-state index is 5.19. The van der Waals surface area contributed by atoms with Crippen molar-refractivity contribution in [3.8, 4) is 0 Å². The Morgan fingerprint density at radius 2 is 1.29 bits per heavy atom. The lowest BCUT2D eigenvalue weighted by Crippen LogP contribution is -1.55. The second kappa shape index (κ2) is 35.0. The number of quaternary nitrogens is 3. The molecule has 0 aromatic carbocycles. The molecule has 0 aliphatic carbocycles. The van der Waals surface area contributed by atoms with E-state index in [-0.39, 0.29) is 18.5 Å². The van der Waals surface area contributed by atoms with Crippen molar-refractivity contribution >= 4 is 11.6 Å². The van der Waals surface area contributed by atoms with Crippen molar-refractivity contribution in [1.29, 1.82) is 0 Å². The number of hydrogen-bond donors (Lipinski definition) is 3. The number of hydrogen-bond acceptors (Lipinski definition) is 0. The summed E-state index contributed by atoms with van der Waals surface area (Å²) >= 11 is 5.19. The molecule has 50 valence electrons. The Kier molecular flexibility index (Phi) is 136. The third-order valence-electron chi connectivity index (χ3n) is 0.189. The molecule has 0 atom stereocenters. The van der Waals surface area contributed by atoms with Crippen LogP contribution in [0.1, 0.15) is 13.3 Å². The van der Waals surface area contributed by atoms with Gasteiger partial charge < -0.3 is 18.5 Å². The van der Waals surface area contributed by atoms with Gasteiger partial charge in [-0.3, -0.25) is 0 Å². The lowest BCUT2D eigenvalue weighted by atomic mass is 10.6. The molecular weight excluding hydrogens is 114 g/mol. The molecule has 0 spiro atoms. The molecular formula is C3H19ClN3+3. The molecule has 0 aromatic heterocycles. The standard InChI is InChI=1S/C3H7Cl.3H3N/c1-2-3-4;;;/h2-3H2,1H3;3*1H3/p+3. The Labute approximate surface area is 50.2 Å². The van der Waals surface area contributed by atoms with Crippen LogP contribution >= 0.6 is 11.6 Å². The lowest BCUT2D eigenvalue weighted by molar-refractivity contribution is 1.10. The van der Waals surface area contributed by atoms with Gasteiger partial charge in [-0.15, -0.1) is 11.6 Å². The van der Waals surface area contributed by atoms with Crippen LogP contribution in [0.25, 0.3) is 0 Å². The molecule has 0 fully saturated rings. The van der Waals surface area contributed by atoms with Gasteiger partial charge in [0.25, 0.3) is 0 Å². The van der Waals surface area contributed by atoms with Gasteiger partial charge >= 0.3 is 0 Å². The summed E-state index contributed by atoms with van der Waals surface area (Å²) in [5.41, 5.74) is 0. The first kappa shape index (κ1) is 27.2. The van der Waals surface area contributed by atoms with Crippen molar-refractivity contribution in [3.63, 3.8) is 0 Å². The second-order valence-electron chi connectivity index (χ2n) is 0.689. The first-order chi connectivity index (χ1) is 1.91. The molecule has 0 rings (SSSR count). The number of halogens is 1. The predicted octanol–water partition coefficient (Wildman–Crippen LogP) is 2.76. The highest BCUT2D eigenvalue weighted by atomic mass is 35.5. The maximum Gasteiger partial charge on any atom is 0.0220 e. The highest BCUT2D eigenvalue weighted by Gasteiger charge is 1.59. The summed E-state index contributed by atoms with van der Waals surface area (Å²) in [6.45, 7) is 2.05.